The number of hydrogen-bond donors (Lipinski definition) is 1. The predicted molar refractivity (Wildman–Crippen MR) is 83.7 cm³/mol. The molecular weight excluding hydrogens is 251 g/mol. The average molecular weight is 278 g/mol. The monoisotopic (exact) mass is 278 g/mol. The van der Waals surface area contributed by atoms with E-state index in [1.165, 1.54) is 12.8 Å². The molecule has 1 aliphatic rings. The van der Waals surface area contributed by atoms with Gasteiger partial charge < -0.3 is 10.2 Å². The Kier molecular flexibility index (Phi) is 5.03. The molecule has 1 N–H and O–H groups in total. The minimum absolute atomic E-state index is 0.0835. The maximum atomic E-state index is 14.5. The Hall–Kier alpha value is -1.09. The minimum atomic E-state index is -0.0835. The van der Waals surface area contributed by atoms with E-state index in [4.69, 9.17) is 0 Å². The van der Waals surface area contributed by atoms with E-state index in [1.54, 1.807) is 6.07 Å². The molecule has 0 bridgehead atoms. The van der Waals surface area contributed by atoms with Crippen LogP contribution in [0.15, 0.2) is 18.2 Å². The lowest BCUT2D eigenvalue weighted by molar-refractivity contribution is 0.566. The number of anilines is 1. The van der Waals surface area contributed by atoms with Gasteiger partial charge in [-0.1, -0.05) is 26.8 Å². The Morgan fingerprint density at radius 1 is 1.30 bits per heavy atom. The summed E-state index contributed by atoms with van der Waals surface area (Å²) < 4.78 is 14.5. The topological polar surface area (TPSA) is 15.3 Å². The molecule has 1 fully saturated rings. The maximum Gasteiger partial charge on any atom is 0.146 e. The highest BCUT2D eigenvalue weighted by Crippen LogP contribution is 2.34. The second-order valence-electron chi connectivity index (χ2n) is 6.27. The van der Waals surface area contributed by atoms with Crippen molar-refractivity contribution in [3.8, 4) is 0 Å². The third kappa shape index (κ3) is 3.72. The van der Waals surface area contributed by atoms with Crippen molar-refractivity contribution < 1.29 is 4.39 Å². The summed E-state index contributed by atoms with van der Waals surface area (Å²) in [4.78, 5) is 2.25. The highest BCUT2D eigenvalue weighted by molar-refractivity contribution is 5.51. The summed E-state index contributed by atoms with van der Waals surface area (Å²) in [7, 11) is 0. The molecule has 2 nitrogen and oxygen atoms in total. The lowest BCUT2D eigenvalue weighted by Crippen LogP contribution is -2.30. The van der Waals surface area contributed by atoms with Crippen LogP contribution in [0.5, 0.6) is 0 Å². The zero-order valence-corrected chi connectivity index (χ0v) is 13.1. The van der Waals surface area contributed by atoms with Gasteiger partial charge in [-0.3, -0.25) is 0 Å². The van der Waals surface area contributed by atoms with Crippen LogP contribution in [0.25, 0.3) is 0 Å². The van der Waals surface area contributed by atoms with Gasteiger partial charge in [0.05, 0.1) is 5.69 Å². The molecule has 0 spiro atoms. The third-order valence-electron chi connectivity index (χ3n) is 3.84. The molecular formula is C17H27FN2. The van der Waals surface area contributed by atoms with Crippen molar-refractivity contribution in [1.82, 2.24) is 5.32 Å². The molecule has 0 aromatic heterocycles. The number of nitrogens with zero attached hydrogens (tertiary/aromatic N) is 1. The van der Waals surface area contributed by atoms with Gasteiger partial charge in [-0.05, 0) is 49.9 Å². The predicted octanol–water partition coefficient (Wildman–Crippen LogP) is 4.12. The first-order valence-electron chi connectivity index (χ1n) is 7.82. The zero-order valence-electron chi connectivity index (χ0n) is 13.1. The van der Waals surface area contributed by atoms with Crippen molar-refractivity contribution in [2.45, 2.75) is 52.6 Å². The van der Waals surface area contributed by atoms with E-state index in [1.807, 2.05) is 6.07 Å². The van der Waals surface area contributed by atoms with Gasteiger partial charge >= 0.3 is 0 Å². The van der Waals surface area contributed by atoms with Crippen LogP contribution in [0.4, 0.5) is 10.1 Å². The molecule has 1 unspecified atom stereocenters. The summed E-state index contributed by atoms with van der Waals surface area (Å²) in [6.07, 6.45) is 2.39. The number of rotatable bonds is 7. The van der Waals surface area contributed by atoms with Crippen molar-refractivity contribution in [3.63, 3.8) is 0 Å². The number of benzene rings is 1. The van der Waals surface area contributed by atoms with Gasteiger partial charge in [-0.25, -0.2) is 4.39 Å². The summed E-state index contributed by atoms with van der Waals surface area (Å²) >= 11 is 0. The molecule has 0 saturated heterocycles. The first kappa shape index (κ1) is 15.3. The van der Waals surface area contributed by atoms with Crippen molar-refractivity contribution in [3.05, 3.63) is 29.6 Å². The second kappa shape index (κ2) is 6.57. The van der Waals surface area contributed by atoms with Gasteiger partial charge in [0.25, 0.3) is 0 Å². The van der Waals surface area contributed by atoms with Crippen LogP contribution in [0.2, 0.25) is 0 Å². The van der Waals surface area contributed by atoms with Crippen LogP contribution in [-0.4, -0.2) is 19.1 Å². The number of hydrogen-bond acceptors (Lipinski definition) is 2. The molecule has 1 aromatic carbocycles. The summed E-state index contributed by atoms with van der Waals surface area (Å²) in [5, 5.41) is 3.32. The van der Waals surface area contributed by atoms with Crippen molar-refractivity contribution >= 4 is 5.69 Å². The van der Waals surface area contributed by atoms with Gasteiger partial charge in [-0.2, -0.15) is 0 Å². The van der Waals surface area contributed by atoms with E-state index in [9.17, 15) is 4.39 Å². The summed E-state index contributed by atoms with van der Waals surface area (Å²) in [5.41, 5.74) is 1.79. The minimum Gasteiger partial charge on any atom is -0.366 e. The van der Waals surface area contributed by atoms with E-state index in [0.717, 1.165) is 24.3 Å². The van der Waals surface area contributed by atoms with E-state index in [0.29, 0.717) is 12.0 Å². The molecule has 1 saturated carbocycles. The molecule has 1 atom stereocenters. The smallest absolute Gasteiger partial charge is 0.146 e. The Morgan fingerprint density at radius 2 is 2.00 bits per heavy atom. The molecule has 0 amide bonds. The van der Waals surface area contributed by atoms with E-state index in [-0.39, 0.29) is 11.9 Å². The first-order chi connectivity index (χ1) is 9.52. The van der Waals surface area contributed by atoms with Crippen LogP contribution in [0.1, 0.15) is 52.1 Å². The molecule has 1 aliphatic carbocycles. The fraction of sp³-hybridized carbons (Fsp3) is 0.647. The summed E-state index contributed by atoms with van der Waals surface area (Å²) in [6, 6.07) is 6.45. The van der Waals surface area contributed by atoms with Crippen LogP contribution < -0.4 is 10.2 Å². The molecule has 2 rings (SSSR count). The van der Waals surface area contributed by atoms with Crippen molar-refractivity contribution in [1.29, 1.82) is 0 Å². The summed E-state index contributed by atoms with van der Waals surface area (Å²) in [5.74, 6) is 0.468. The fourth-order valence-corrected chi connectivity index (χ4v) is 2.67. The van der Waals surface area contributed by atoms with Crippen molar-refractivity contribution in [2.75, 3.05) is 18.0 Å². The highest BCUT2D eigenvalue weighted by atomic mass is 19.1. The standard InChI is InChI=1S/C17H27FN2/c1-5-19-13(4)14-6-9-17(16(18)10-14)20(11-12(2)3)15-7-8-15/h6,9-10,12-13,15,19H,5,7-8,11H2,1-4H3. The Balaban J connectivity index is 2.18. The van der Waals surface area contributed by atoms with Gasteiger partial charge in [0.1, 0.15) is 5.82 Å². The molecule has 0 heterocycles. The largest absolute Gasteiger partial charge is 0.366 e. The lowest BCUT2D eigenvalue weighted by atomic mass is 10.1. The maximum absolute atomic E-state index is 14.5. The molecule has 112 valence electrons. The lowest BCUT2D eigenvalue weighted by Gasteiger charge is -2.27. The molecule has 20 heavy (non-hydrogen) atoms. The Bertz CT molecular complexity index is 441. The van der Waals surface area contributed by atoms with Crippen LogP contribution in [0, 0.1) is 11.7 Å². The van der Waals surface area contributed by atoms with Crippen LogP contribution in [-0.2, 0) is 0 Å². The first-order valence-corrected chi connectivity index (χ1v) is 7.82. The second-order valence-corrected chi connectivity index (χ2v) is 6.27. The van der Waals surface area contributed by atoms with Crippen molar-refractivity contribution in [2.24, 2.45) is 5.92 Å². The number of nitrogens with one attached hydrogen (secondary N) is 1. The average Bonchev–Trinajstić information content (AvgIpc) is 3.20. The molecule has 0 radical (unpaired) electrons. The van der Waals surface area contributed by atoms with Gasteiger partial charge in [-0.15, -0.1) is 0 Å². The fourth-order valence-electron chi connectivity index (χ4n) is 2.67. The van der Waals surface area contributed by atoms with E-state index >= 15 is 0 Å². The molecule has 0 aliphatic heterocycles. The van der Waals surface area contributed by atoms with Crippen LogP contribution >= 0.6 is 0 Å². The highest BCUT2D eigenvalue weighted by Gasteiger charge is 2.31. The molecule has 1 aromatic rings. The summed E-state index contributed by atoms with van der Waals surface area (Å²) in [6.45, 7) is 10.4. The van der Waals surface area contributed by atoms with Gasteiger partial charge in [0, 0.05) is 18.6 Å². The quantitative estimate of drug-likeness (QED) is 0.807. The Morgan fingerprint density at radius 3 is 2.50 bits per heavy atom. The molecule has 3 heteroatoms. The SMILES string of the molecule is CCNC(C)c1ccc(N(CC(C)C)C2CC2)c(F)c1. The van der Waals surface area contributed by atoms with Gasteiger partial charge in [0.15, 0.2) is 0 Å². The van der Waals surface area contributed by atoms with Crippen LogP contribution in [0.3, 0.4) is 0 Å². The van der Waals surface area contributed by atoms with E-state index < -0.39 is 0 Å². The Labute approximate surface area is 122 Å². The normalized spacial score (nSPS) is 16.5. The van der Waals surface area contributed by atoms with Gasteiger partial charge in [0.2, 0.25) is 0 Å². The zero-order chi connectivity index (χ0) is 14.7. The van der Waals surface area contributed by atoms with E-state index in [2.05, 4.69) is 44.0 Å². The third-order valence-corrected chi connectivity index (χ3v) is 3.84. The number of halogens is 1.